The van der Waals surface area contributed by atoms with Crippen LogP contribution in [0, 0.1) is 11.3 Å². The summed E-state index contributed by atoms with van der Waals surface area (Å²) >= 11 is 0. The lowest BCUT2D eigenvalue weighted by Crippen LogP contribution is -2.39. The molecule has 2 atom stereocenters. The van der Waals surface area contributed by atoms with E-state index in [1.807, 2.05) is 6.26 Å². The highest BCUT2D eigenvalue weighted by atomic mass is 16.3. The molecule has 0 saturated heterocycles. The summed E-state index contributed by atoms with van der Waals surface area (Å²) in [6.45, 7) is 8.17. The van der Waals surface area contributed by atoms with Crippen LogP contribution in [0.2, 0.25) is 0 Å². The molecular weight excluding hydrogens is 222 g/mol. The van der Waals surface area contributed by atoms with Gasteiger partial charge in [0.05, 0.1) is 12.5 Å². The maximum absolute atomic E-state index is 5.29. The molecule has 2 nitrogen and oxygen atoms in total. The number of furan rings is 1. The predicted octanol–water partition coefficient (Wildman–Crippen LogP) is 4.54. The first-order chi connectivity index (χ1) is 8.65. The lowest BCUT2D eigenvalue weighted by molar-refractivity contribution is 0.0979. The summed E-state index contributed by atoms with van der Waals surface area (Å²) in [6.07, 6.45) is 10.3. The molecule has 2 rings (SSSR count). The third-order valence-corrected chi connectivity index (χ3v) is 4.51. The van der Waals surface area contributed by atoms with Crippen molar-refractivity contribution in [3.8, 4) is 0 Å². The van der Waals surface area contributed by atoms with Gasteiger partial charge in [-0.1, -0.05) is 33.6 Å². The van der Waals surface area contributed by atoms with Crippen molar-refractivity contribution in [2.24, 2.45) is 11.3 Å². The van der Waals surface area contributed by atoms with Gasteiger partial charge in [-0.05, 0) is 43.2 Å². The van der Waals surface area contributed by atoms with Crippen LogP contribution in [-0.2, 0) is 0 Å². The largest absolute Gasteiger partial charge is 0.472 e. The first-order valence-corrected chi connectivity index (χ1v) is 7.40. The zero-order chi connectivity index (χ0) is 13.0. The maximum Gasteiger partial charge on any atom is 0.0950 e. The van der Waals surface area contributed by atoms with Crippen molar-refractivity contribution in [1.29, 1.82) is 0 Å². The molecule has 0 aliphatic heterocycles. The van der Waals surface area contributed by atoms with Crippen molar-refractivity contribution in [2.45, 2.75) is 58.9 Å². The van der Waals surface area contributed by atoms with Gasteiger partial charge in [0.15, 0.2) is 0 Å². The fourth-order valence-electron chi connectivity index (χ4n) is 3.38. The molecule has 0 aromatic carbocycles. The summed E-state index contributed by atoms with van der Waals surface area (Å²) in [6, 6.07) is 2.58. The van der Waals surface area contributed by atoms with E-state index in [-0.39, 0.29) is 0 Å². The second-order valence-electron chi connectivity index (χ2n) is 6.33. The SMILES string of the molecule is CCCNC(c1ccoc1)C1CCCCC1(C)C. The van der Waals surface area contributed by atoms with Gasteiger partial charge in [0.2, 0.25) is 0 Å². The Bertz CT molecular complexity index is 342. The molecule has 0 bridgehead atoms. The molecule has 2 heteroatoms. The van der Waals surface area contributed by atoms with Crippen LogP contribution in [-0.4, -0.2) is 6.54 Å². The van der Waals surface area contributed by atoms with Crippen LogP contribution in [0.5, 0.6) is 0 Å². The van der Waals surface area contributed by atoms with E-state index in [1.165, 1.54) is 37.7 Å². The standard InChI is InChI=1S/C16H27NO/c1-4-10-17-15(13-8-11-18-12-13)14-7-5-6-9-16(14,2)3/h8,11-12,14-15,17H,4-7,9-10H2,1-3H3. The minimum Gasteiger partial charge on any atom is -0.472 e. The third kappa shape index (κ3) is 2.97. The Labute approximate surface area is 111 Å². The average Bonchev–Trinajstić information content (AvgIpc) is 2.85. The van der Waals surface area contributed by atoms with E-state index in [0.717, 1.165) is 12.5 Å². The van der Waals surface area contributed by atoms with Gasteiger partial charge >= 0.3 is 0 Å². The lowest BCUT2D eigenvalue weighted by Gasteiger charge is -2.43. The Hall–Kier alpha value is -0.760. The molecule has 18 heavy (non-hydrogen) atoms. The molecule has 0 radical (unpaired) electrons. The average molecular weight is 249 g/mol. The normalized spacial score (nSPS) is 24.9. The number of nitrogens with one attached hydrogen (secondary N) is 1. The zero-order valence-corrected chi connectivity index (χ0v) is 12.0. The van der Waals surface area contributed by atoms with Gasteiger partial charge in [-0.2, -0.15) is 0 Å². The van der Waals surface area contributed by atoms with Gasteiger partial charge in [0.25, 0.3) is 0 Å². The Kier molecular flexibility index (Phi) is 4.50. The van der Waals surface area contributed by atoms with Crippen LogP contribution >= 0.6 is 0 Å². The molecule has 1 fully saturated rings. The quantitative estimate of drug-likeness (QED) is 0.829. The molecule has 1 heterocycles. The highest BCUT2D eigenvalue weighted by Gasteiger charge is 2.38. The maximum atomic E-state index is 5.29. The van der Waals surface area contributed by atoms with E-state index < -0.39 is 0 Å². The predicted molar refractivity (Wildman–Crippen MR) is 75.5 cm³/mol. The van der Waals surface area contributed by atoms with Gasteiger partial charge in [0.1, 0.15) is 0 Å². The lowest BCUT2D eigenvalue weighted by atomic mass is 9.65. The monoisotopic (exact) mass is 249 g/mol. The number of hydrogen-bond donors (Lipinski definition) is 1. The molecular formula is C16H27NO. The summed E-state index contributed by atoms with van der Waals surface area (Å²) in [7, 11) is 0. The first kappa shape index (κ1) is 13.7. The highest BCUT2D eigenvalue weighted by molar-refractivity contribution is 5.14. The fourth-order valence-corrected chi connectivity index (χ4v) is 3.38. The van der Waals surface area contributed by atoms with E-state index in [9.17, 15) is 0 Å². The first-order valence-electron chi connectivity index (χ1n) is 7.40. The highest BCUT2D eigenvalue weighted by Crippen LogP contribution is 2.46. The van der Waals surface area contributed by atoms with Crippen molar-refractivity contribution in [2.75, 3.05) is 6.54 Å². The molecule has 1 aromatic heterocycles. The van der Waals surface area contributed by atoms with Crippen molar-refractivity contribution in [3.63, 3.8) is 0 Å². The molecule has 0 amide bonds. The van der Waals surface area contributed by atoms with Crippen molar-refractivity contribution < 1.29 is 4.42 Å². The van der Waals surface area contributed by atoms with Crippen LogP contribution in [0.3, 0.4) is 0 Å². The van der Waals surface area contributed by atoms with Gasteiger partial charge < -0.3 is 9.73 Å². The molecule has 2 unspecified atom stereocenters. The van der Waals surface area contributed by atoms with Crippen molar-refractivity contribution >= 4 is 0 Å². The molecule has 102 valence electrons. The second-order valence-corrected chi connectivity index (χ2v) is 6.33. The molecule has 1 aliphatic rings. The van der Waals surface area contributed by atoms with Crippen LogP contribution in [0.15, 0.2) is 23.0 Å². The summed E-state index contributed by atoms with van der Waals surface area (Å²) in [5.74, 6) is 0.718. The number of hydrogen-bond acceptors (Lipinski definition) is 2. The van der Waals surface area contributed by atoms with Crippen LogP contribution in [0.4, 0.5) is 0 Å². The molecule has 1 aliphatic carbocycles. The van der Waals surface area contributed by atoms with E-state index in [2.05, 4.69) is 32.2 Å². The van der Waals surface area contributed by atoms with Gasteiger partial charge in [-0.15, -0.1) is 0 Å². The van der Waals surface area contributed by atoms with Crippen molar-refractivity contribution in [1.82, 2.24) is 5.32 Å². The number of rotatable bonds is 5. The Morgan fingerprint density at radius 2 is 2.28 bits per heavy atom. The van der Waals surface area contributed by atoms with Crippen molar-refractivity contribution in [3.05, 3.63) is 24.2 Å². The summed E-state index contributed by atoms with van der Waals surface area (Å²) in [4.78, 5) is 0. The van der Waals surface area contributed by atoms with Gasteiger partial charge in [-0.25, -0.2) is 0 Å². The minimum absolute atomic E-state index is 0.431. The molecule has 1 N–H and O–H groups in total. The fraction of sp³-hybridized carbons (Fsp3) is 0.750. The summed E-state index contributed by atoms with van der Waals surface area (Å²) < 4.78 is 5.29. The van der Waals surface area contributed by atoms with E-state index >= 15 is 0 Å². The zero-order valence-electron chi connectivity index (χ0n) is 12.0. The Morgan fingerprint density at radius 1 is 1.44 bits per heavy atom. The van der Waals surface area contributed by atoms with E-state index in [1.54, 1.807) is 6.26 Å². The topological polar surface area (TPSA) is 25.2 Å². The van der Waals surface area contributed by atoms with Gasteiger partial charge in [0, 0.05) is 11.6 Å². The molecule has 1 saturated carbocycles. The van der Waals surface area contributed by atoms with E-state index in [0.29, 0.717) is 11.5 Å². The Balaban J connectivity index is 2.17. The summed E-state index contributed by atoms with van der Waals surface area (Å²) in [5, 5.41) is 3.74. The molecule has 0 spiro atoms. The third-order valence-electron chi connectivity index (χ3n) is 4.51. The van der Waals surface area contributed by atoms with Crippen LogP contribution in [0.25, 0.3) is 0 Å². The molecule has 1 aromatic rings. The minimum atomic E-state index is 0.431. The van der Waals surface area contributed by atoms with Crippen LogP contribution < -0.4 is 5.32 Å². The van der Waals surface area contributed by atoms with E-state index in [4.69, 9.17) is 4.42 Å². The second kappa shape index (κ2) is 5.92. The summed E-state index contributed by atoms with van der Waals surface area (Å²) in [5.41, 5.74) is 1.75. The van der Waals surface area contributed by atoms with Crippen LogP contribution in [0.1, 0.15) is 64.5 Å². The Morgan fingerprint density at radius 3 is 2.89 bits per heavy atom. The van der Waals surface area contributed by atoms with Gasteiger partial charge in [-0.3, -0.25) is 0 Å². The smallest absolute Gasteiger partial charge is 0.0950 e.